The summed E-state index contributed by atoms with van der Waals surface area (Å²) in [6.07, 6.45) is 10.7. The lowest BCUT2D eigenvalue weighted by molar-refractivity contribution is 0.282. The van der Waals surface area contributed by atoms with Crippen molar-refractivity contribution in [1.82, 2.24) is 5.32 Å². The zero-order valence-corrected chi connectivity index (χ0v) is 13.4. The van der Waals surface area contributed by atoms with Crippen molar-refractivity contribution < 1.29 is 0 Å². The monoisotopic (exact) mass is 249 g/mol. The smallest absolute Gasteiger partial charge is 0.0300 e. The van der Waals surface area contributed by atoms with E-state index in [0.29, 0.717) is 10.8 Å². The van der Waals surface area contributed by atoms with Crippen LogP contribution in [-0.2, 0) is 0 Å². The lowest BCUT2D eigenvalue weighted by Crippen LogP contribution is -2.35. The summed E-state index contributed by atoms with van der Waals surface area (Å²) < 4.78 is 0. The minimum atomic E-state index is 0.148. The Balaban J connectivity index is 2.54. The number of hydrogen-bond acceptors (Lipinski definition) is 1. The molecule has 0 spiro atoms. The van der Waals surface area contributed by atoms with Crippen LogP contribution in [0.5, 0.6) is 0 Å². The van der Waals surface area contributed by atoms with Crippen LogP contribution < -0.4 is 5.32 Å². The van der Waals surface area contributed by atoms with E-state index in [-0.39, 0.29) is 5.54 Å². The molecule has 0 aliphatic heterocycles. The fourth-order valence-electron chi connectivity index (χ4n) is 2.14. The molecule has 1 atom stereocenters. The molecule has 1 aliphatic carbocycles. The minimum Gasteiger partial charge on any atom is -0.381 e. The Kier molecular flexibility index (Phi) is 4.35. The van der Waals surface area contributed by atoms with Crippen LogP contribution in [-0.4, -0.2) is 5.54 Å². The van der Waals surface area contributed by atoms with Crippen molar-refractivity contribution in [2.24, 2.45) is 10.8 Å². The first kappa shape index (κ1) is 15.3. The van der Waals surface area contributed by atoms with Gasteiger partial charge in [0.1, 0.15) is 0 Å². The van der Waals surface area contributed by atoms with Gasteiger partial charge in [-0.3, -0.25) is 0 Å². The summed E-state index contributed by atoms with van der Waals surface area (Å²) in [4.78, 5) is 0. The highest BCUT2D eigenvalue weighted by Gasteiger charge is 2.25. The normalized spacial score (nSPS) is 24.9. The Labute approximate surface area is 114 Å². The maximum Gasteiger partial charge on any atom is 0.0300 e. The van der Waals surface area contributed by atoms with Crippen molar-refractivity contribution in [2.75, 3.05) is 0 Å². The number of nitrogens with one attached hydrogen (secondary N) is 1. The molecular formula is C17H31N. The third-order valence-corrected chi connectivity index (χ3v) is 3.42. The van der Waals surface area contributed by atoms with E-state index in [1.807, 2.05) is 0 Å². The van der Waals surface area contributed by atoms with Crippen molar-refractivity contribution in [3.63, 3.8) is 0 Å². The lowest BCUT2D eigenvalue weighted by atomic mass is 9.75. The van der Waals surface area contributed by atoms with Gasteiger partial charge in [0.25, 0.3) is 0 Å². The topological polar surface area (TPSA) is 12.0 Å². The molecule has 0 bridgehead atoms. The van der Waals surface area contributed by atoms with Gasteiger partial charge in [0.05, 0.1) is 0 Å². The SMILES string of the molecule is CC(C)(C)CCC1(C)C=CC(NC(C)(C)C)=CC1. The molecule has 0 aromatic heterocycles. The number of hydrogen-bond donors (Lipinski definition) is 1. The van der Waals surface area contributed by atoms with Gasteiger partial charge in [-0.05, 0) is 56.9 Å². The molecule has 104 valence electrons. The quantitative estimate of drug-likeness (QED) is 0.738. The van der Waals surface area contributed by atoms with Gasteiger partial charge in [-0.2, -0.15) is 0 Å². The van der Waals surface area contributed by atoms with E-state index >= 15 is 0 Å². The fraction of sp³-hybridized carbons (Fsp3) is 0.765. The molecule has 18 heavy (non-hydrogen) atoms. The molecule has 0 heterocycles. The van der Waals surface area contributed by atoms with Gasteiger partial charge in [-0.15, -0.1) is 0 Å². The van der Waals surface area contributed by atoms with Crippen molar-refractivity contribution >= 4 is 0 Å². The Morgan fingerprint density at radius 2 is 1.78 bits per heavy atom. The maximum atomic E-state index is 3.54. The Morgan fingerprint density at radius 1 is 1.17 bits per heavy atom. The van der Waals surface area contributed by atoms with Gasteiger partial charge in [0.15, 0.2) is 0 Å². The highest BCUT2D eigenvalue weighted by atomic mass is 15.0. The summed E-state index contributed by atoms with van der Waals surface area (Å²) in [6, 6.07) is 0. The van der Waals surface area contributed by atoms with E-state index in [2.05, 4.69) is 72.0 Å². The first-order valence-corrected chi connectivity index (χ1v) is 7.17. The predicted molar refractivity (Wildman–Crippen MR) is 81.5 cm³/mol. The van der Waals surface area contributed by atoms with E-state index in [1.165, 1.54) is 18.5 Å². The molecular weight excluding hydrogens is 218 g/mol. The van der Waals surface area contributed by atoms with Crippen molar-refractivity contribution in [1.29, 1.82) is 0 Å². The van der Waals surface area contributed by atoms with E-state index in [4.69, 9.17) is 0 Å². The summed E-state index contributed by atoms with van der Waals surface area (Å²) in [6.45, 7) is 16.0. The molecule has 0 saturated heterocycles. The second-order valence-electron chi connectivity index (χ2n) is 8.29. The van der Waals surface area contributed by atoms with Gasteiger partial charge < -0.3 is 5.32 Å². The van der Waals surface area contributed by atoms with Gasteiger partial charge in [0.2, 0.25) is 0 Å². The molecule has 1 unspecified atom stereocenters. The second-order valence-corrected chi connectivity index (χ2v) is 8.29. The van der Waals surface area contributed by atoms with Crippen LogP contribution in [0.2, 0.25) is 0 Å². The molecule has 0 saturated carbocycles. The highest BCUT2D eigenvalue weighted by molar-refractivity contribution is 5.25. The molecule has 0 aromatic rings. The largest absolute Gasteiger partial charge is 0.381 e. The van der Waals surface area contributed by atoms with Gasteiger partial charge >= 0.3 is 0 Å². The number of rotatable bonds is 3. The third kappa shape index (κ3) is 5.75. The highest BCUT2D eigenvalue weighted by Crippen LogP contribution is 2.37. The number of allylic oxidation sites excluding steroid dienone is 3. The standard InChI is InChI=1S/C17H31N/c1-15(2,3)12-13-17(7)10-8-14(9-11-17)18-16(4,5)6/h8-10,18H,11-13H2,1-7H3. The maximum absolute atomic E-state index is 3.54. The van der Waals surface area contributed by atoms with Crippen LogP contribution in [0.1, 0.15) is 67.7 Å². The molecule has 1 rings (SSSR count). The van der Waals surface area contributed by atoms with Crippen LogP contribution in [0.25, 0.3) is 0 Å². The lowest BCUT2D eigenvalue weighted by Gasteiger charge is -2.33. The van der Waals surface area contributed by atoms with Crippen LogP contribution in [0.3, 0.4) is 0 Å². The summed E-state index contributed by atoms with van der Waals surface area (Å²) in [7, 11) is 0. The molecule has 1 nitrogen and oxygen atoms in total. The summed E-state index contributed by atoms with van der Waals surface area (Å²) >= 11 is 0. The zero-order valence-electron chi connectivity index (χ0n) is 13.4. The van der Waals surface area contributed by atoms with Crippen molar-refractivity contribution in [2.45, 2.75) is 73.3 Å². The van der Waals surface area contributed by atoms with E-state index in [1.54, 1.807) is 0 Å². The van der Waals surface area contributed by atoms with Gasteiger partial charge in [-0.25, -0.2) is 0 Å². The van der Waals surface area contributed by atoms with Crippen LogP contribution >= 0.6 is 0 Å². The van der Waals surface area contributed by atoms with Gasteiger partial charge in [0, 0.05) is 11.2 Å². The molecule has 0 radical (unpaired) electrons. The predicted octanol–water partition coefficient (Wildman–Crippen LogP) is 5.05. The molecule has 0 aromatic carbocycles. The second kappa shape index (κ2) is 5.11. The zero-order chi connectivity index (χ0) is 14.0. The molecule has 0 amide bonds. The van der Waals surface area contributed by atoms with Crippen LogP contribution in [0.15, 0.2) is 23.9 Å². The molecule has 0 fully saturated rings. The first-order valence-electron chi connectivity index (χ1n) is 7.17. The van der Waals surface area contributed by atoms with Gasteiger partial charge in [-0.1, -0.05) is 39.8 Å². The van der Waals surface area contributed by atoms with E-state index in [9.17, 15) is 0 Å². The Bertz CT molecular complexity index is 336. The molecule has 1 heteroatoms. The molecule has 1 aliphatic rings. The summed E-state index contributed by atoms with van der Waals surface area (Å²) in [5.74, 6) is 0. The average molecular weight is 249 g/mol. The average Bonchev–Trinajstić information content (AvgIpc) is 2.17. The van der Waals surface area contributed by atoms with E-state index < -0.39 is 0 Å². The van der Waals surface area contributed by atoms with Crippen LogP contribution in [0, 0.1) is 10.8 Å². The molecule has 1 N–H and O–H groups in total. The Morgan fingerprint density at radius 3 is 2.17 bits per heavy atom. The summed E-state index contributed by atoms with van der Waals surface area (Å²) in [5.41, 5.74) is 2.20. The van der Waals surface area contributed by atoms with Crippen molar-refractivity contribution in [3.05, 3.63) is 23.9 Å². The van der Waals surface area contributed by atoms with Crippen LogP contribution in [0.4, 0.5) is 0 Å². The minimum absolute atomic E-state index is 0.148. The fourth-order valence-corrected chi connectivity index (χ4v) is 2.14. The first-order chi connectivity index (χ1) is 7.99. The Hall–Kier alpha value is -0.720. The third-order valence-electron chi connectivity index (χ3n) is 3.42. The van der Waals surface area contributed by atoms with Crippen molar-refractivity contribution in [3.8, 4) is 0 Å². The summed E-state index contributed by atoms with van der Waals surface area (Å²) in [5, 5.41) is 3.54. The van der Waals surface area contributed by atoms with E-state index in [0.717, 1.165) is 6.42 Å².